The van der Waals surface area contributed by atoms with Crippen molar-refractivity contribution >= 4 is 21.8 Å². The van der Waals surface area contributed by atoms with E-state index in [2.05, 4.69) is 25.8 Å². The molecule has 1 aromatic rings. The Morgan fingerprint density at radius 1 is 1.38 bits per heavy atom. The molecule has 0 amide bonds. The highest BCUT2D eigenvalue weighted by atomic mass is 32.2. The molecule has 5 nitrogen and oxygen atoms in total. The van der Waals surface area contributed by atoms with E-state index in [1.165, 1.54) is 25.6 Å². The normalized spacial score (nSPS) is 21.2. The van der Waals surface area contributed by atoms with Crippen molar-refractivity contribution in [1.29, 1.82) is 0 Å². The first-order chi connectivity index (χ1) is 9.76. The van der Waals surface area contributed by atoms with Crippen LogP contribution in [-0.4, -0.2) is 48.9 Å². The van der Waals surface area contributed by atoms with E-state index in [4.69, 9.17) is 4.74 Å². The van der Waals surface area contributed by atoms with Crippen LogP contribution in [0.5, 0.6) is 5.75 Å². The molecule has 0 saturated carbocycles. The van der Waals surface area contributed by atoms with Crippen LogP contribution in [-0.2, 0) is 10.0 Å². The standard InChI is InChI=1S/C14H22N2O3S2/c1-14(2,3)13-10-20-6-5-16(13)21(17,18)12-7-11(19-4)8-15-9-12/h7-9,13H,5-6,10H2,1-4H3. The van der Waals surface area contributed by atoms with Gasteiger partial charge in [-0.15, -0.1) is 0 Å². The number of nitrogens with zero attached hydrogens (tertiary/aromatic N) is 2. The lowest BCUT2D eigenvalue weighted by Gasteiger charge is -2.41. The van der Waals surface area contributed by atoms with E-state index in [0.29, 0.717) is 12.3 Å². The Hall–Kier alpha value is -0.790. The molecule has 118 valence electrons. The SMILES string of the molecule is COc1cncc(S(=O)(=O)N2CCSCC2C(C)(C)C)c1. The number of rotatable bonds is 3. The maximum absolute atomic E-state index is 12.9. The Morgan fingerprint density at radius 2 is 2.10 bits per heavy atom. The monoisotopic (exact) mass is 330 g/mol. The van der Waals surface area contributed by atoms with Gasteiger partial charge in [-0.3, -0.25) is 4.98 Å². The molecule has 0 aromatic carbocycles. The summed E-state index contributed by atoms with van der Waals surface area (Å²) < 4.78 is 32.6. The van der Waals surface area contributed by atoms with E-state index in [1.807, 2.05) is 0 Å². The molecule has 2 rings (SSSR count). The molecule has 0 radical (unpaired) electrons. The molecule has 21 heavy (non-hydrogen) atoms. The maximum atomic E-state index is 12.9. The zero-order valence-corrected chi connectivity index (χ0v) is 14.5. The van der Waals surface area contributed by atoms with Gasteiger partial charge in [-0.2, -0.15) is 16.1 Å². The fourth-order valence-corrected chi connectivity index (χ4v) is 5.74. The number of sulfonamides is 1. The molecule has 0 N–H and O–H groups in total. The summed E-state index contributed by atoms with van der Waals surface area (Å²) in [5.74, 6) is 2.10. The second-order valence-corrected chi connectivity index (χ2v) is 9.17. The average Bonchev–Trinajstić information content (AvgIpc) is 2.46. The summed E-state index contributed by atoms with van der Waals surface area (Å²) in [7, 11) is -2.05. The molecule has 2 heterocycles. The van der Waals surface area contributed by atoms with Crippen LogP contribution in [0.2, 0.25) is 0 Å². The van der Waals surface area contributed by atoms with E-state index in [-0.39, 0.29) is 16.4 Å². The quantitative estimate of drug-likeness (QED) is 0.851. The van der Waals surface area contributed by atoms with E-state index in [9.17, 15) is 8.42 Å². The third-order valence-electron chi connectivity index (χ3n) is 3.61. The van der Waals surface area contributed by atoms with Crippen LogP contribution < -0.4 is 4.74 Å². The second-order valence-electron chi connectivity index (χ2n) is 6.13. The van der Waals surface area contributed by atoms with Gasteiger partial charge in [0.05, 0.1) is 13.3 Å². The molecule has 0 bridgehead atoms. The second kappa shape index (κ2) is 6.14. The van der Waals surface area contributed by atoms with Crippen molar-refractivity contribution in [3.05, 3.63) is 18.5 Å². The molecular weight excluding hydrogens is 308 g/mol. The van der Waals surface area contributed by atoms with Crippen LogP contribution in [0.1, 0.15) is 20.8 Å². The van der Waals surface area contributed by atoms with Crippen molar-refractivity contribution in [2.45, 2.75) is 31.7 Å². The Balaban J connectivity index is 2.40. The molecule has 1 atom stereocenters. The van der Waals surface area contributed by atoms with Gasteiger partial charge in [0.1, 0.15) is 10.6 Å². The highest BCUT2D eigenvalue weighted by molar-refractivity contribution is 7.99. The number of ether oxygens (including phenoxy) is 1. The molecule has 1 aromatic heterocycles. The van der Waals surface area contributed by atoms with Gasteiger partial charge < -0.3 is 4.74 Å². The van der Waals surface area contributed by atoms with E-state index in [0.717, 1.165) is 11.5 Å². The van der Waals surface area contributed by atoms with Crippen molar-refractivity contribution in [2.24, 2.45) is 5.41 Å². The Morgan fingerprint density at radius 3 is 2.71 bits per heavy atom. The summed E-state index contributed by atoms with van der Waals surface area (Å²) >= 11 is 1.81. The minimum atomic E-state index is -3.55. The largest absolute Gasteiger partial charge is 0.495 e. The lowest BCUT2D eigenvalue weighted by Crippen LogP contribution is -2.52. The molecule has 7 heteroatoms. The van der Waals surface area contributed by atoms with Crippen LogP contribution in [0.4, 0.5) is 0 Å². The first-order valence-electron chi connectivity index (χ1n) is 6.85. The van der Waals surface area contributed by atoms with Gasteiger partial charge in [0, 0.05) is 36.4 Å². The highest BCUT2D eigenvalue weighted by Gasteiger charge is 2.40. The fraction of sp³-hybridized carbons (Fsp3) is 0.643. The number of pyridine rings is 1. The molecule has 0 spiro atoms. The summed E-state index contributed by atoms with van der Waals surface area (Å²) in [6.07, 6.45) is 2.89. The smallest absolute Gasteiger partial charge is 0.245 e. The van der Waals surface area contributed by atoms with E-state index in [1.54, 1.807) is 16.1 Å². The topological polar surface area (TPSA) is 59.5 Å². The molecule has 1 fully saturated rings. The lowest BCUT2D eigenvalue weighted by atomic mass is 9.88. The predicted octanol–water partition coefficient (Wildman–Crippen LogP) is 2.24. The lowest BCUT2D eigenvalue weighted by molar-refractivity contribution is 0.198. The third kappa shape index (κ3) is 3.52. The van der Waals surface area contributed by atoms with E-state index >= 15 is 0 Å². The summed E-state index contributed by atoms with van der Waals surface area (Å²) in [5.41, 5.74) is -0.104. The number of aromatic nitrogens is 1. The van der Waals surface area contributed by atoms with Gasteiger partial charge in [-0.05, 0) is 5.41 Å². The fourth-order valence-electron chi connectivity index (χ4n) is 2.35. The van der Waals surface area contributed by atoms with Crippen molar-refractivity contribution in [2.75, 3.05) is 25.2 Å². The van der Waals surface area contributed by atoms with Gasteiger partial charge in [0.15, 0.2) is 0 Å². The van der Waals surface area contributed by atoms with Crippen molar-refractivity contribution in [3.63, 3.8) is 0 Å². The molecule has 1 unspecified atom stereocenters. The van der Waals surface area contributed by atoms with Gasteiger partial charge >= 0.3 is 0 Å². The average molecular weight is 330 g/mol. The minimum absolute atomic E-state index is 0.0209. The highest BCUT2D eigenvalue weighted by Crippen LogP contribution is 2.34. The van der Waals surface area contributed by atoms with Crippen LogP contribution in [0, 0.1) is 5.41 Å². The van der Waals surface area contributed by atoms with Crippen LogP contribution in [0.15, 0.2) is 23.4 Å². The molecule has 1 aliphatic rings. The molecule has 0 aliphatic carbocycles. The van der Waals surface area contributed by atoms with Crippen LogP contribution in [0.3, 0.4) is 0 Å². The Labute approximate surface area is 131 Å². The third-order valence-corrected chi connectivity index (χ3v) is 6.51. The van der Waals surface area contributed by atoms with Crippen LogP contribution >= 0.6 is 11.8 Å². The Bertz CT molecular complexity index is 596. The number of hydrogen-bond donors (Lipinski definition) is 0. The number of methoxy groups -OCH3 is 1. The zero-order valence-electron chi connectivity index (χ0n) is 12.9. The maximum Gasteiger partial charge on any atom is 0.245 e. The Kier molecular flexibility index (Phi) is 4.85. The van der Waals surface area contributed by atoms with Crippen molar-refractivity contribution in [1.82, 2.24) is 9.29 Å². The van der Waals surface area contributed by atoms with Gasteiger partial charge in [-0.25, -0.2) is 8.42 Å². The van der Waals surface area contributed by atoms with E-state index < -0.39 is 10.0 Å². The van der Waals surface area contributed by atoms with Crippen LogP contribution in [0.25, 0.3) is 0 Å². The summed E-state index contributed by atoms with van der Waals surface area (Å²) in [5, 5.41) is 0. The molecule has 1 saturated heterocycles. The minimum Gasteiger partial charge on any atom is -0.495 e. The molecule has 1 aliphatic heterocycles. The summed E-state index contributed by atoms with van der Waals surface area (Å²) in [6.45, 7) is 6.77. The van der Waals surface area contributed by atoms with Gasteiger partial charge in [-0.1, -0.05) is 20.8 Å². The van der Waals surface area contributed by atoms with Crippen molar-refractivity contribution < 1.29 is 13.2 Å². The summed E-state index contributed by atoms with van der Waals surface area (Å²) in [4.78, 5) is 4.16. The number of thioether (sulfide) groups is 1. The predicted molar refractivity (Wildman–Crippen MR) is 85.2 cm³/mol. The first kappa shape index (κ1) is 16.6. The number of hydrogen-bond acceptors (Lipinski definition) is 5. The van der Waals surface area contributed by atoms with Crippen molar-refractivity contribution in [3.8, 4) is 5.75 Å². The molecular formula is C14H22N2O3S2. The first-order valence-corrected chi connectivity index (χ1v) is 9.45. The van der Waals surface area contributed by atoms with Gasteiger partial charge in [0.2, 0.25) is 10.0 Å². The summed E-state index contributed by atoms with van der Waals surface area (Å²) in [6, 6.07) is 1.51. The zero-order chi connectivity index (χ0) is 15.7. The van der Waals surface area contributed by atoms with Gasteiger partial charge in [0.25, 0.3) is 0 Å².